The highest BCUT2D eigenvalue weighted by Crippen LogP contribution is 2.36. The molecule has 1 atom stereocenters. The summed E-state index contributed by atoms with van der Waals surface area (Å²) in [4.78, 5) is 30.8. The molecule has 1 amide bonds. The van der Waals surface area contributed by atoms with Gasteiger partial charge in [-0.2, -0.15) is 0 Å². The second-order valence-electron chi connectivity index (χ2n) is 5.82. The normalized spacial score (nSPS) is 16.3. The highest BCUT2D eigenvalue weighted by Gasteiger charge is 2.36. The molecule has 0 saturated heterocycles. The van der Waals surface area contributed by atoms with Crippen LogP contribution in [0.1, 0.15) is 15.4 Å². The van der Waals surface area contributed by atoms with Crippen molar-refractivity contribution in [2.45, 2.75) is 13.0 Å². The molecule has 2 aromatic rings. The van der Waals surface area contributed by atoms with E-state index in [1.807, 2.05) is 0 Å². The zero-order valence-electron chi connectivity index (χ0n) is 14.8. The number of amides is 1. The first kappa shape index (κ1) is 19.1. The van der Waals surface area contributed by atoms with Gasteiger partial charge in [-0.3, -0.25) is 14.4 Å². The minimum Gasteiger partial charge on any atom is -0.475 e. The number of hydrogen-bond acceptors (Lipinski definition) is 8. The maximum Gasteiger partial charge on any atom is 0.348 e. The van der Waals surface area contributed by atoms with Crippen LogP contribution in [0.2, 0.25) is 0 Å². The number of nitrogens with one attached hydrogen (secondary N) is 1. The van der Waals surface area contributed by atoms with Gasteiger partial charge in [0.1, 0.15) is 10.6 Å². The third kappa shape index (κ3) is 4.03. The second kappa shape index (κ2) is 7.16. The number of sulfonamides is 1. The summed E-state index contributed by atoms with van der Waals surface area (Å²) >= 11 is 0.929. The SMILES string of the molecule is COC(=O)[C@@H]1CN(C(=O)c2sc(NS(C)(=O)=O)nc2C)c2ccccc2O1. The van der Waals surface area contributed by atoms with Crippen molar-refractivity contribution < 1.29 is 27.5 Å². The standard InChI is InChI=1S/C16H17N3O6S2/c1-9-13(26-16(17-9)18-27(3,22)23)14(20)19-8-12(15(21)24-2)25-11-7-5-4-6-10(11)19/h4-7,12H,8H2,1-3H3,(H,17,18)/t12-/m0/s1. The van der Waals surface area contributed by atoms with Gasteiger partial charge >= 0.3 is 5.97 Å². The highest BCUT2D eigenvalue weighted by molar-refractivity contribution is 7.92. The zero-order valence-corrected chi connectivity index (χ0v) is 16.4. The van der Waals surface area contributed by atoms with Crippen molar-refractivity contribution in [1.29, 1.82) is 0 Å². The van der Waals surface area contributed by atoms with Crippen LogP contribution < -0.4 is 14.4 Å². The number of nitrogens with zero attached hydrogens (tertiary/aromatic N) is 2. The predicted molar refractivity (Wildman–Crippen MR) is 99.9 cm³/mol. The molecule has 9 nitrogen and oxygen atoms in total. The van der Waals surface area contributed by atoms with Crippen LogP contribution in [-0.4, -0.2) is 51.3 Å². The maximum absolute atomic E-state index is 13.1. The molecule has 1 aliphatic heterocycles. The summed E-state index contributed by atoms with van der Waals surface area (Å²) in [5, 5.41) is 0.101. The Morgan fingerprint density at radius 2 is 2.07 bits per heavy atom. The Labute approximate surface area is 160 Å². The van der Waals surface area contributed by atoms with Gasteiger partial charge in [0.05, 0.1) is 31.3 Å². The summed E-state index contributed by atoms with van der Waals surface area (Å²) in [6.45, 7) is 1.58. The van der Waals surface area contributed by atoms with E-state index in [1.165, 1.54) is 12.0 Å². The van der Waals surface area contributed by atoms with Gasteiger partial charge in [-0.25, -0.2) is 18.2 Å². The van der Waals surface area contributed by atoms with Crippen molar-refractivity contribution in [2.24, 2.45) is 0 Å². The van der Waals surface area contributed by atoms with Crippen molar-refractivity contribution in [3.63, 3.8) is 0 Å². The van der Waals surface area contributed by atoms with E-state index in [4.69, 9.17) is 9.47 Å². The number of carbonyl (C=O) groups is 2. The van der Waals surface area contributed by atoms with Gasteiger partial charge in [-0.15, -0.1) is 0 Å². The Hall–Kier alpha value is -2.66. The van der Waals surface area contributed by atoms with Gasteiger partial charge < -0.3 is 9.47 Å². The van der Waals surface area contributed by atoms with Crippen molar-refractivity contribution in [3.8, 4) is 5.75 Å². The Kier molecular flexibility index (Phi) is 5.07. The van der Waals surface area contributed by atoms with E-state index in [2.05, 4.69) is 9.71 Å². The van der Waals surface area contributed by atoms with Crippen LogP contribution in [0.25, 0.3) is 0 Å². The number of fused-ring (bicyclic) bond motifs is 1. The summed E-state index contributed by atoms with van der Waals surface area (Å²) in [6, 6.07) is 6.83. The van der Waals surface area contributed by atoms with E-state index in [0.717, 1.165) is 17.6 Å². The first-order valence-corrected chi connectivity index (χ1v) is 10.5. The fourth-order valence-electron chi connectivity index (χ4n) is 2.60. The summed E-state index contributed by atoms with van der Waals surface area (Å²) in [5.41, 5.74) is 0.891. The number of methoxy groups -OCH3 is 1. The van der Waals surface area contributed by atoms with Crippen LogP contribution in [0.4, 0.5) is 10.8 Å². The number of aryl methyl sites for hydroxylation is 1. The lowest BCUT2D eigenvalue weighted by molar-refractivity contribution is -0.148. The van der Waals surface area contributed by atoms with Gasteiger partial charge in [-0.05, 0) is 19.1 Å². The fraction of sp³-hybridized carbons (Fsp3) is 0.312. The first-order valence-electron chi connectivity index (χ1n) is 7.80. The number of thiazole rings is 1. The third-order valence-corrected chi connectivity index (χ3v) is 5.50. The topological polar surface area (TPSA) is 115 Å². The minimum absolute atomic E-state index is 0.0330. The van der Waals surface area contributed by atoms with Crippen LogP contribution in [-0.2, 0) is 19.6 Å². The molecule has 1 aromatic heterocycles. The van der Waals surface area contributed by atoms with Gasteiger partial charge in [0.15, 0.2) is 5.13 Å². The van der Waals surface area contributed by atoms with Gasteiger partial charge in [0.2, 0.25) is 16.1 Å². The largest absolute Gasteiger partial charge is 0.475 e. The number of benzene rings is 1. The number of aromatic nitrogens is 1. The molecule has 0 unspecified atom stereocenters. The van der Waals surface area contributed by atoms with Crippen molar-refractivity contribution in [1.82, 2.24) is 4.98 Å². The highest BCUT2D eigenvalue weighted by atomic mass is 32.2. The Morgan fingerprint density at radius 1 is 1.37 bits per heavy atom. The van der Waals surface area contributed by atoms with E-state index >= 15 is 0 Å². The monoisotopic (exact) mass is 411 g/mol. The average molecular weight is 411 g/mol. The molecule has 3 rings (SSSR count). The Morgan fingerprint density at radius 3 is 2.74 bits per heavy atom. The molecule has 11 heteroatoms. The van der Waals surface area contributed by atoms with E-state index < -0.39 is 28.0 Å². The van der Waals surface area contributed by atoms with E-state index in [1.54, 1.807) is 31.2 Å². The molecule has 144 valence electrons. The number of rotatable bonds is 4. The number of anilines is 2. The third-order valence-electron chi connectivity index (χ3n) is 3.75. The molecule has 0 saturated carbocycles. The predicted octanol–water partition coefficient (Wildman–Crippen LogP) is 1.40. The lowest BCUT2D eigenvalue weighted by atomic mass is 10.1. The van der Waals surface area contributed by atoms with Crippen molar-refractivity contribution in [3.05, 3.63) is 34.8 Å². The molecule has 27 heavy (non-hydrogen) atoms. The molecular weight excluding hydrogens is 394 g/mol. The molecule has 2 heterocycles. The van der Waals surface area contributed by atoms with E-state index in [0.29, 0.717) is 17.1 Å². The van der Waals surface area contributed by atoms with Crippen molar-refractivity contribution in [2.75, 3.05) is 29.5 Å². The smallest absolute Gasteiger partial charge is 0.348 e. The Bertz CT molecular complexity index is 1000. The molecule has 0 fully saturated rings. The molecule has 1 N–H and O–H groups in total. The number of carbonyl (C=O) groups excluding carboxylic acids is 2. The molecular formula is C16H17N3O6S2. The van der Waals surface area contributed by atoms with Gasteiger partial charge in [0, 0.05) is 0 Å². The average Bonchev–Trinajstić information content (AvgIpc) is 2.97. The molecule has 1 aromatic carbocycles. The Balaban J connectivity index is 1.97. The molecule has 1 aliphatic rings. The van der Waals surface area contributed by atoms with Gasteiger partial charge in [0.25, 0.3) is 5.91 Å². The quantitative estimate of drug-likeness (QED) is 0.756. The minimum atomic E-state index is -3.51. The fourth-order valence-corrected chi connectivity index (χ4v) is 4.35. The zero-order chi connectivity index (χ0) is 19.8. The number of esters is 1. The van der Waals surface area contributed by atoms with Crippen LogP contribution in [0.3, 0.4) is 0 Å². The maximum atomic E-state index is 13.1. The summed E-state index contributed by atoms with van der Waals surface area (Å²) in [7, 11) is -2.27. The number of para-hydroxylation sites is 2. The number of ether oxygens (including phenoxy) is 2. The molecule has 0 radical (unpaired) electrons. The summed E-state index contributed by atoms with van der Waals surface area (Å²) in [6.07, 6.45) is 0.0420. The second-order valence-corrected chi connectivity index (χ2v) is 8.57. The first-order chi connectivity index (χ1) is 12.7. The molecule has 0 bridgehead atoms. The van der Waals surface area contributed by atoms with Crippen LogP contribution in [0, 0.1) is 6.92 Å². The van der Waals surface area contributed by atoms with Crippen LogP contribution in [0.15, 0.2) is 24.3 Å². The van der Waals surface area contributed by atoms with Crippen LogP contribution >= 0.6 is 11.3 Å². The number of hydrogen-bond donors (Lipinski definition) is 1. The summed E-state index contributed by atoms with van der Waals surface area (Å²) in [5.74, 6) is -0.622. The lowest BCUT2D eigenvalue weighted by Gasteiger charge is -2.33. The molecule has 0 aliphatic carbocycles. The molecule has 0 spiro atoms. The van der Waals surface area contributed by atoms with Crippen molar-refractivity contribution >= 4 is 44.1 Å². The van der Waals surface area contributed by atoms with E-state index in [9.17, 15) is 18.0 Å². The summed E-state index contributed by atoms with van der Waals surface area (Å²) < 4.78 is 35.4. The van der Waals surface area contributed by atoms with Crippen LogP contribution in [0.5, 0.6) is 5.75 Å². The van der Waals surface area contributed by atoms with Gasteiger partial charge in [-0.1, -0.05) is 23.5 Å². The lowest BCUT2D eigenvalue weighted by Crippen LogP contribution is -2.47. The van der Waals surface area contributed by atoms with E-state index in [-0.39, 0.29) is 16.6 Å².